The Morgan fingerprint density at radius 1 is 1.28 bits per heavy atom. The Balaban J connectivity index is 2.21. The molecule has 0 saturated carbocycles. The van der Waals surface area contributed by atoms with Gasteiger partial charge in [-0.1, -0.05) is 13.0 Å². The fraction of sp³-hybridized carbons (Fsp3) is 0.364. The number of rotatable bonds is 3. The monoisotopic (exact) mass is 265 g/mol. The van der Waals surface area contributed by atoms with E-state index in [1.54, 1.807) is 6.07 Å². The first-order valence-electron chi connectivity index (χ1n) is 5.64. The van der Waals surface area contributed by atoms with Crippen LogP contribution in [0.1, 0.15) is 41.2 Å². The zero-order chi connectivity index (χ0) is 13.1. The van der Waals surface area contributed by atoms with Crippen LogP contribution < -0.4 is 0 Å². The van der Waals surface area contributed by atoms with Gasteiger partial charge in [0, 0.05) is 6.10 Å². The SMILES string of the molecule is CCC(C)[O][Al]1[O]C(=O)c2cccc(n2)C(=O)[O]1. The van der Waals surface area contributed by atoms with Crippen molar-refractivity contribution < 1.29 is 21.0 Å². The van der Waals surface area contributed by atoms with Gasteiger partial charge in [0.15, 0.2) is 0 Å². The Kier molecular flexibility index (Phi) is 3.97. The summed E-state index contributed by atoms with van der Waals surface area (Å²) in [5, 5.41) is 0. The van der Waals surface area contributed by atoms with E-state index in [1.165, 1.54) is 12.1 Å². The molecule has 1 aliphatic rings. The molecule has 0 N–H and O–H groups in total. The lowest BCUT2D eigenvalue weighted by molar-refractivity contribution is 0.0352. The summed E-state index contributed by atoms with van der Waals surface area (Å²) in [6.45, 7) is 3.75. The maximum Gasteiger partial charge on any atom is 1.10 e. The van der Waals surface area contributed by atoms with Gasteiger partial charge in [0.25, 0.3) is 0 Å². The molecule has 18 heavy (non-hydrogen) atoms. The van der Waals surface area contributed by atoms with Crippen LogP contribution in [0.25, 0.3) is 0 Å². The lowest BCUT2D eigenvalue weighted by Crippen LogP contribution is -2.37. The summed E-state index contributed by atoms with van der Waals surface area (Å²) in [6.07, 6.45) is 0.607. The van der Waals surface area contributed by atoms with E-state index in [9.17, 15) is 9.59 Å². The minimum Gasteiger partial charge on any atom is -0.557 e. The van der Waals surface area contributed by atoms with Crippen LogP contribution in [0.4, 0.5) is 0 Å². The molecule has 1 unspecified atom stereocenters. The van der Waals surface area contributed by atoms with Gasteiger partial charge >= 0.3 is 27.1 Å². The number of hydrogen-bond acceptors (Lipinski definition) is 6. The van der Waals surface area contributed by atoms with Gasteiger partial charge in [-0.05, 0) is 25.5 Å². The van der Waals surface area contributed by atoms with E-state index in [4.69, 9.17) is 11.4 Å². The van der Waals surface area contributed by atoms with Crippen LogP contribution in [-0.4, -0.2) is 38.2 Å². The number of fused-ring (bicyclic) bond motifs is 2. The molecule has 7 heteroatoms. The lowest BCUT2D eigenvalue weighted by Gasteiger charge is -2.18. The van der Waals surface area contributed by atoms with Crippen molar-refractivity contribution in [3.05, 3.63) is 29.6 Å². The second kappa shape index (κ2) is 5.48. The molecule has 0 radical (unpaired) electrons. The molecule has 0 amide bonds. The number of nitrogens with zero attached hydrogens (tertiary/aromatic N) is 1. The van der Waals surface area contributed by atoms with Gasteiger partial charge in [-0.2, -0.15) is 0 Å². The predicted octanol–water partition coefficient (Wildman–Crippen LogP) is 1.21. The highest BCUT2D eigenvalue weighted by Gasteiger charge is 2.46. The van der Waals surface area contributed by atoms with Crippen LogP contribution in [0.3, 0.4) is 0 Å². The number of pyridine rings is 1. The molecule has 0 aromatic carbocycles. The van der Waals surface area contributed by atoms with Crippen molar-refractivity contribution >= 4 is 27.1 Å². The molecule has 1 aliphatic heterocycles. The summed E-state index contributed by atoms with van der Waals surface area (Å²) >= 11 is -2.80. The van der Waals surface area contributed by atoms with E-state index in [2.05, 4.69) is 4.98 Å². The van der Waals surface area contributed by atoms with Crippen molar-refractivity contribution in [2.45, 2.75) is 26.4 Å². The minimum atomic E-state index is -2.80. The summed E-state index contributed by atoms with van der Waals surface area (Å²) in [5.74, 6) is -1.24. The summed E-state index contributed by atoms with van der Waals surface area (Å²) in [6, 6.07) is 4.52. The van der Waals surface area contributed by atoms with Crippen LogP contribution in [0.5, 0.6) is 0 Å². The zero-order valence-electron chi connectivity index (χ0n) is 10.1. The Bertz CT molecular complexity index is 445. The highest BCUT2D eigenvalue weighted by Crippen LogP contribution is 2.12. The number of carbonyl (C=O) groups excluding carboxylic acids is 2. The molecule has 94 valence electrons. The Hall–Kier alpha value is -1.42. The van der Waals surface area contributed by atoms with Crippen LogP contribution >= 0.6 is 0 Å². The molecule has 1 atom stereocenters. The highest BCUT2D eigenvalue weighted by molar-refractivity contribution is 6.43. The topological polar surface area (TPSA) is 74.7 Å². The second-order valence-corrected chi connectivity index (χ2v) is 5.18. The average Bonchev–Trinajstić information content (AvgIpc) is 2.37. The maximum absolute atomic E-state index is 11.7. The summed E-state index contributed by atoms with van der Waals surface area (Å²) in [4.78, 5) is 27.2. The average molecular weight is 265 g/mol. The van der Waals surface area contributed by atoms with Crippen molar-refractivity contribution in [3.63, 3.8) is 0 Å². The minimum absolute atomic E-state index is 0.0920. The van der Waals surface area contributed by atoms with Crippen LogP contribution in [0.2, 0.25) is 0 Å². The molecule has 1 aromatic rings. The van der Waals surface area contributed by atoms with Gasteiger partial charge in [0.2, 0.25) is 0 Å². The fourth-order valence-electron chi connectivity index (χ4n) is 1.32. The lowest BCUT2D eigenvalue weighted by atomic mass is 10.3. The molecular weight excluding hydrogens is 253 g/mol. The zero-order valence-corrected chi connectivity index (χ0v) is 11.2. The van der Waals surface area contributed by atoms with Crippen molar-refractivity contribution in [1.82, 2.24) is 4.98 Å². The first-order chi connectivity index (χ1) is 8.60. The van der Waals surface area contributed by atoms with Gasteiger partial charge in [-0.15, -0.1) is 0 Å². The van der Waals surface area contributed by atoms with Crippen LogP contribution in [0.15, 0.2) is 18.2 Å². The molecule has 1 aromatic heterocycles. The Morgan fingerprint density at radius 2 is 1.83 bits per heavy atom. The molecule has 2 rings (SSSR count). The van der Waals surface area contributed by atoms with E-state index >= 15 is 0 Å². The smallest absolute Gasteiger partial charge is 0.557 e. The molecule has 0 spiro atoms. The van der Waals surface area contributed by atoms with Gasteiger partial charge < -0.3 is 11.4 Å². The molecule has 0 fully saturated rings. The number of hydrogen-bond donors (Lipinski definition) is 0. The van der Waals surface area contributed by atoms with E-state index in [0.717, 1.165) is 6.42 Å². The van der Waals surface area contributed by atoms with Crippen molar-refractivity contribution in [2.75, 3.05) is 0 Å². The van der Waals surface area contributed by atoms with E-state index in [1.807, 2.05) is 13.8 Å². The standard InChI is InChI=1S/C7H5NO4.C4H9O.Al/c9-6(10)4-2-1-3-5(8-4)7(11)12;1-3-4(2)5;/h1-3H,(H,9,10)(H,11,12);4H,3H2,1-2H3;/q;-1;+3/p-2. The third-order valence-corrected chi connectivity index (χ3v) is 3.99. The highest BCUT2D eigenvalue weighted by atomic mass is 27.3. The summed E-state index contributed by atoms with van der Waals surface area (Å²) in [5.41, 5.74) is 0.184. The van der Waals surface area contributed by atoms with Gasteiger partial charge in [0.1, 0.15) is 11.4 Å². The summed E-state index contributed by atoms with van der Waals surface area (Å²) < 4.78 is 15.5. The molecule has 2 heterocycles. The van der Waals surface area contributed by atoms with E-state index in [0.29, 0.717) is 0 Å². The number of carbonyl (C=O) groups is 2. The van der Waals surface area contributed by atoms with Crippen LogP contribution in [0, 0.1) is 0 Å². The van der Waals surface area contributed by atoms with Gasteiger partial charge in [-0.3, -0.25) is 0 Å². The van der Waals surface area contributed by atoms with Crippen molar-refractivity contribution in [1.29, 1.82) is 0 Å². The summed E-state index contributed by atoms with van der Waals surface area (Å²) in [7, 11) is 0. The molecule has 0 saturated heterocycles. The Labute approximate surface area is 109 Å². The molecule has 6 nitrogen and oxygen atoms in total. The van der Waals surface area contributed by atoms with Gasteiger partial charge in [0.05, 0.1) is 0 Å². The quantitative estimate of drug-likeness (QED) is 0.765. The van der Waals surface area contributed by atoms with Gasteiger partial charge in [-0.25, -0.2) is 14.6 Å². The maximum atomic E-state index is 11.7. The molecule has 0 aliphatic carbocycles. The van der Waals surface area contributed by atoms with Crippen molar-refractivity contribution in [3.8, 4) is 0 Å². The molecule has 2 bridgehead atoms. The number of aromatic nitrogens is 1. The van der Waals surface area contributed by atoms with Crippen molar-refractivity contribution in [2.24, 2.45) is 0 Å². The second-order valence-electron chi connectivity index (χ2n) is 3.86. The first kappa shape index (κ1) is 13.0. The largest absolute Gasteiger partial charge is 1.10 e. The Morgan fingerprint density at radius 3 is 2.33 bits per heavy atom. The van der Waals surface area contributed by atoms with E-state index in [-0.39, 0.29) is 17.5 Å². The van der Waals surface area contributed by atoms with Crippen LogP contribution in [-0.2, 0) is 11.4 Å². The fourth-order valence-corrected chi connectivity index (χ4v) is 2.65. The normalized spacial score (nSPS) is 16.4. The molecular formula is C11H12AlNO5. The van der Waals surface area contributed by atoms with E-state index < -0.39 is 27.1 Å². The third-order valence-electron chi connectivity index (χ3n) is 2.49. The third kappa shape index (κ3) is 2.88. The predicted molar refractivity (Wildman–Crippen MR) is 61.7 cm³/mol. The first-order valence-corrected chi connectivity index (χ1v) is 7.06.